The number of Topliss-reactive ketones (excluding diaryl/α,β-unsaturated/α-hetero) is 2. The normalized spacial score (nSPS) is 29.1. The molecule has 3 aliphatic carbocycles. The third kappa shape index (κ3) is 10.4. The SMILES string of the molecule is CC(C)=CCCC1(C)C=Cc2c(c(CC=C(C)C)c3c(c2OC(=O)C(C)NC(=O)c2ccc(O[C@@H]4O[C@H](CO)[C@@H](O)[C@@H](O)[C@H]4O)cc2)C(=O)C2=CC4CC5C(C)(C)OC(CC=C(C)C(=O)OCc6ccccc6Cl)(C4=O)C25O3)O1. The van der Waals surface area contributed by atoms with Crippen molar-refractivity contribution in [1.29, 1.82) is 0 Å². The zero-order chi connectivity index (χ0) is 57.1. The molecule has 79 heavy (non-hydrogen) atoms. The van der Waals surface area contributed by atoms with Crippen LogP contribution in [0.2, 0.25) is 5.02 Å². The summed E-state index contributed by atoms with van der Waals surface area (Å²) < 4.78 is 44.7. The Morgan fingerprint density at radius 2 is 1.61 bits per heavy atom. The lowest BCUT2D eigenvalue weighted by molar-refractivity contribution is -0.277. The summed E-state index contributed by atoms with van der Waals surface area (Å²) in [6, 6.07) is 11.3. The number of nitrogens with one attached hydrogen (secondary N) is 1. The van der Waals surface area contributed by atoms with Crippen molar-refractivity contribution in [3.05, 3.63) is 134 Å². The molecule has 11 atom stereocenters. The van der Waals surface area contributed by atoms with E-state index >= 15 is 9.59 Å². The van der Waals surface area contributed by atoms with E-state index < -0.39 is 101 Å². The molecule has 1 saturated carbocycles. The fourth-order valence-electron chi connectivity index (χ4n) is 11.6. The lowest BCUT2D eigenvalue weighted by atomic mass is 9.51. The van der Waals surface area contributed by atoms with Gasteiger partial charge in [0.25, 0.3) is 5.91 Å². The molecule has 3 aromatic rings. The van der Waals surface area contributed by atoms with E-state index in [-0.39, 0.29) is 64.8 Å². The fraction of sp³-hybridized carbons (Fsp3) is 0.459. The first-order chi connectivity index (χ1) is 37.3. The second-order valence-electron chi connectivity index (χ2n) is 22.6. The quantitative estimate of drug-likeness (QED) is 0.0376. The van der Waals surface area contributed by atoms with Crippen LogP contribution in [0.3, 0.4) is 0 Å². The number of allylic oxidation sites excluding steroid dienone is 5. The first kappa shape index (κ1) is 57.3. The van der Waals surface area contributed by atoms with E-state index in [9.17, 15) is 34.8 Å². The number of rotatable bonds is 17. The molecule has 7 aliphatic rings. The van der Waals surface area contributed by atoms with Crippen LogP contribution in [0.4, 0.5) is 0 Å². The van der Waals surface area contributed by atoms with Gasteiger partial charge in [-0.25, -0.2) is 9.59 Å². The number of ether oxygens (including phenoxy) is 7. The Morgan fingerprint density at radius 1 is 0.899 bits per heavy atom. The molecule has 0 aromatic heterocycles. The standard InChI is InChI=1S/C61H68ClNO16/c1-31(2)13-12-24-59(9)25-23-40-50(77-59)39(21-16-32(3)4)52-45(51(40)76-56(72)34(6)63-54(70)35-17-19-38(20-18-35)74-57-49(68)48(67)47(66)43(29-64)75-57)46(65)41-27-37-28-44-58(7,8)79-60(53(37)69,61(41,44)78-52)26-22-33(5)55(71)73-30-36-14-10-11-15-42(36)62/h10-11,13-20,22-23,25,27,34,37,43-44,47-49,57,64,66-68H,12,21,24,26,28-30H2,1-9H3,(H,63,70)/t34?,37?,43-,44?,47-,48-,49-,57-,59?,60?,61?/m1/s1. The van der Waals surface area contributed by atoms with Crippen LogP contribution < -0.4 is 24.3 Å². The van der Waals surface area contributed by atoms with Crippen molar-refractivity contribution in [2.75, 3.05) is 6.61 Å². The van der Waals surface area contributed by atoms with E-state index in [1.165, 1.54) is 31.2 Å². The number of hydrogen-bond acceptors (Lipinski definition) is 16. The number of hydrogen-bond donors (Lipinski definition) is 5. The molecule has 4 aliphatic heterocycles. The van der Waals surface area contributed by atoms with Crippen LogP contribution in [0.15, 0.2) is 101 Å². The molecular formula is C61H68ClNO16. The van der Waals surface area contributed by atoms with Gasteiger partial charge in [-0.3, -0.25) is 14.4 Å². The highest BCUT2D eigenvalue weighted by molar-refractivity contribution is 6.31. The lowest BCUT2D eigenvalue weighted by Crippen LogP contribution is -2.72. The maximum atomic E-state index is 16.0. The monoisotopic (exact) mass is 1110 g/mol. The van der Waals surface area contributed by atoms with Crippen LogP contribution in [0.5, 0.6) is 23.0 Å². The van der Waals surface area contributed by atoms with Crippen molar-refractivity contribution in [3.63, 3.8) is 0 Å². The van der Waals surface area contributed by atoms with Crippen LogP contribution in [0.1, 0.15) is 125 Å². The molecular weight excluding hydrogens is 1040 g/mol. The maximum absolute atomic E-state index is 16.0. The van der Waals surface area contributed by atoms with Crippen LogP contribution in [-0.4, -0.2) is 116 Å². The van der Waals surface area contributed by atoms with Crippen LogP contribution in [0, 0.1) is 11.8 Å². The summed E-state index contributed by atoms with van der Waals surface area (Å²) in [7, 11) is 0. The molecule has 3 fully saturated rings. The van der Waals surface area contributed by atoms with Gasteiger partial charge in [0.2, 0.25) is 6.29 Å². The van der Waals surface area contributed by atoms with Gasteiger partial charge in [0.1, 0.15) is 65.5 Å². The number of carbonyl (C=O) groups is 5. The summed E-state index contributed by atoms with van der Waals surface area (Å²) in [5.74, 6) is -4.13. The molecule has 6 unspecified atom stereocenters. The summed E-state index contributed by atoms with van der Waals surface area (Å²) in [4.78, 5) is 72.9. The van der Waals surface area contributed by atoms with Gasteiger partial charge in [-0.05, 0) is 130 Å². The van der Waals surface area contributed by atoms with Gasteiger partial charge in [-0.2, -0.15) is 0 Å². The van der Waals surface area contributed by atoms with E-state index in [2.05, 4.69) is 11.4 Å². The molecule has 0 radical (unpaired) electrons. The highest BCUT2D eigenvalue weighted by Crippen LogP contribution is 2.69. The number of carbonyl (C=O) groups excluding carboxylic acids is 5. The number of aliphatic hydroxyl groups excluding tert-OH is 4. The van der Waals surface area contributed by atoms with E-state index in [0.29, 0.717) is 46.7 Å². The third-order valence-electron chi connectivity index (χ3n) is 15.9. The van der Waals surface area contributed by atoms with Crippen molar-refractivity contribution < 1.29 is 77.6 Å². The Morgan fingerprint density at radius 3 is 2.29 bits per heavy atom. The fourth-order valence-corrected chi connectivity index (χ4v) is 11.8. The summed E-state index contributed by atoms with van der Waals surface area (Å²) in [6.45, 7) is 15.9. The van der Waals surface area contributed by atoms with Crippen molar-refractivity contribution in [3.8, 4) is 23.0 Å². The van der Waals surface area contributed by atoms with Crippen LogP contribution in [0.25, 0.3) is 6.08 Å². The average Bonchev–Trinajstić information content (AvgIpc) is 3.65. The first-order valence-corrected chi connectivity index (χ1v) is 27.0. The van der Waals surface area contributed by atoms with Crippen molar-refractivity contribution in [2.45, 2.75) is 160 Å². The number of ketones is 2. The predicted molar refractivity (Wildman–Crippen MR) is 290 cm³/mol. The number of aliphatic hydroxyl groups is 4. The van der Waals surface area contributed by atoms with E-state index in [1.807, 2.05) is 60.6 Å². The molecule has 1 amide bonds. The number of esters is 2. The Hall–Kier alpha value is -6.44. The Kier molecular flexibility index (Phi) is 15.9. The number of benzene rings is 3. The van der Waals surface area contributed by atoms with E-state index in [0.717, 1.165) is 11.1 Å². The second kappa shape index (κ2) is 21.9. The summed E-state index contributed by atoms with van der Waals surface area (Å²) in [5, 5.41) is 43.5. The average molecular weight is 1110 g/mol. The first-order valence-electron chi connectivity index (χ1n) is 26.6. The smallest absolute Gasteiger partial charge is 0.333 e. The van der Waals surface area contributed by atoms with Crippen LogP contribution >= 0.6 is 11.6 Å². The lowest BCUT2D eigenvalue weighted by Gasteiger charge is -2.56. The number of amides is 1. The van der Waals surface area contributed by atoms with E-state index in [4.69, 9.17) is 44.8 Å². The Balaban J connectivity index is 1.08. The van der Waals surface area contributed by atoms with Gasteiger partial charge in [0, 0.05) is 51.1 Å². The summed E-state index contributed by atoms with van der Waals surface area (Å²) in [5.41, 5.74) is -1.60. The zero-order valence-electron chi connectivity index (χ0n) is 45.7. The minimum absolute atomic E-state index is 0.0505. The second-order valence-corrected chi connectivity index (χ2v) is 23.0. The van der Waals surface area contributed by atoms with Gasteiger partial charge in [-0.1, -0.05) is 65.3 Å². The van der Waals surface area contributed by atoms with Crippen LogP contribution in [-0.2, 0) is 41.6 Å². The molecule has 420 valence electrons. The van der Waals surface area contributed by atoms with Gasteiger partial charge < -0.3 is 58.9 Å². The Labute approximate surface area is 463 Å². The molecule has 3 aromatic carbocycles. The third-order valence-corrected chi connectivity index (χ3v) is 16.3. The molecule has 4 bridgehead atoms. The van der Waals surface area contributed by atoms with Gasteiger partial charge >= 0.3 is 11.9 Å². The maximum Gasteiger partial charge on any atom is 0.333 e. The Bertz CT molecular complexity index is 3130. The molecule has 1 spiro atoms. The molecule has 2 saturated heterocycles. The molecule has 5 N–H and O–H groups in total. The molecule has 10 rings (SSSR count). The zero-order valence-corrected chi connectivity index (χ0v) is 46.5. The minimum atomic E-state index is -1.81. The number of halogens is 1. The van der Waals surface area contributed by atoms with Crippen molar-refractivity contribution >= 4 is 47.1 Å². The molecule has 18 heteroatoms. The highest BCUT2D eigenvalue weighted by atomic mass is 35.5. The van der Waals surface area contributed by atoms with Gasteiger partial charge in [-0.15, -0.1) is 0 Å². The van der Waals surface area contributed by atoms with E-state index in [1.54, 1.807) is 49.4 Å². The predicted octanol–water partition coefficient (Wildman–Crippen LogP) is 7.75. The summed E-state index contributed by atoms with van der Waals surface area (Å²) in [6.07, 6.45) is 5.02. The molecule has 4 heterocycles. The summed E-state index contributed by atoms with van der Waals surface area (Å²) >= 11 is 6.35. The molecule has 17 nitrogen and oxygen atoms in total. The number of fused-ring (bicyclic) bond motifs is 2. The van der Waals surface area contributed by atoms with Crippen molar-refractivity contribution in [1.82, 2.24) is 5.32 Å². The minimum Gasteiger partial charge on any atom is -0.482 e. The highest BCUT2D eigenvalue weighted by Gasteiger charge is 2.81. The largest absolute Gasteiger partial charge is 0.482 e. The van der Waals surface area contributed by atoms with Crippen molar-refractivity contribution in [2.24, 2.45) is 11.8 Å². The topological polar surface area (TPSA) is 243 Å². The van der Waals surface area contributed by atoms with Gasteiger partial charge in [0.15, 0.2) is 28.5 Å². The van der Waals surface area contributed by atoms with Gasteiger partial charge in [0.05, 0.1) is 17.8 Å².